The van der Waals surface area contributed by atoms with Crippen molar-refractivity contribution in [2.24, 2.45) is 0 Å². The number of rotatable bonds is 7. The zero-order valence-corrected chi connectivity index (χ0v) is 15.3. The average Bonchev–Trinajstić information content (AvgIpc) is 3.08. The third-order valence-corrected chi connectivity index (χ3v) is 6.38. The normalized spacial score (nSPS) is 18.5. The Morgan fingerprint density at radius 3 is 2.35 bits per heavy atom. The highest BCUT2D eigenvalue weighted by atomic mass is 32.2. The van der Waals surface area contributed by atoms with Gasteiger partial charge in [-0.05, 0) is 55.5 Å². The number of aryl methyl sites for hydroxylation is 1. The van der Waals surface area contributed by atoms with Crippen LogP contribution >= 0.6 is 0 Å². The predicted octanol–water partition coefficient (Wildman–Crippen LogP) is 4.28. The number of alkyl halides is 2. The fraction of sp³-hybridized carbons (Fsp3) is 0.400. The zero-order chi connectivity index (χ0) is 18.6. The highest BCUT2D eigenvalue weighted by Gasteiger charge is 2.27. The Morgan fingerprint density at radius 2 is 1.69 bits per heavy atom. The summed E-state index contributed by atoms with van der Waals surface area (Å²) >= 11 is 0. The van der Waals surface area contributed by atoms with Crippen molar-refractivity contribution in [3.05, 3.63) is 65.7 Å². The second kappa shape index (κ2) is 8.27. The molecule has 0 N–H and O–H groups in total. The van der Waals surface area contributed by atoms with Gasteiger partial charge in [-0.2, -0.15) is 8.78 Å². The van der Waals surface area contributed by atoms with Gasteiger partial charge in [0.15, 0.2) is 0 Å². The molecule has 3 rings (SSSR count). The molecule has 2 aromatic carbocycles. The lowest BCUT2D eigenvalue weighted by Crippen LogP contribution is -2.29. The maximum Gasteiger partial charge on any atom is 0.341 e. The molecule has 26 heavy (non-hydrogen) atoms. The van der Waals surface area contributed by atoms with E-state index in [4.69, 9.17) is 0 Å². The van der Waals surface area contributed by atoms with E-state index in [9.17, 15) is 17.2 Å². The molecule has 0 bridgehead atoms. The first-order valence-electron chi connectivity index (χ1n) is 8.86. The number of hydrogen-bond acceptors (Lipinski definition) is 3. The molecule has 1 atom stereocenters. The maximum atomic E-state index is 12.6. The molecular weight excluding hydrogens is 356 g/mol. The van der Waals surface area contributed by atoms with E-state index in [0.717, 1.165) is 37.8 Å². The first kappa shape index (κ1) is 19.0. The molecular formula is C20H23F2NO2S. The van der Waals surface area contributed by atoms with Gasteiger partial charge < -0.3 is 0 Å². The van der Waals surface area contributed by atoms with Gasteiger partial charge in [0.2, 0.25) is 9.84 Å². The van der Waals surface area contributed by atoms with Crippen molar-refractivity contribution in [3.8, 4) is 0 Å². The van der Waals surface area contributed by atoms with Crippen LogP contribution in [0.3, 0.4) is 0 Å². The second-order valence-electron chi connectivity index (χ2n) is 6.74. The summed E-state index contributed by atoms with van der Waals surface area (Å²) in [5.74, 6) is -3.38. The van der Waals surface area contributed by atoms with Gasteiger partial charge in [-0.15, -0.1) is 0 Å². The summed E-state index contributed by atoms with van der Waals surface area (Å²) in [5.41, 5.74) is 2.28. The Morgan fingerprint density at radius 1 is 1.00 bits per heavy atom. The standard InChI is InChI=1S/C20H23F2NO2S/c21-20(22)26(24,25)19-12-9-17(10-13-19)15-23-14-4-7-18(23)11-8-16-5-2-1-3-6-16/h1-3,5-6,9-10,12-13,18,20H,4,7-8,11,14-15H2. The monoisotopic (exact) mass is 379 g/mol. The van der Waals surface area contributed by atoms with Crippen molar-refractivity contribution in [2.45, 2.75) is 48.9 Å². The summed E-state index contributed by atoms with van der Waals surface area (Å²) in [4.78, 5) is 2.08. The minimum atomic E-state index is -4.52. The molecule has 1 fully saturated rings. The lowest BCUT2D eigenvalue weighted by Gasteiger charge is -2.24. The lowest BCUT2D eigenvalue weighted by atomic mass is 10.0. The van der Waals surface area contributed by atoms with Crippen molar-refractivity contribution < 1.29 is 17.2 Å². The third-order valence-electron chi connectivity index (χ3n) is 4.98. The first-order chi connectivity index (χ1) is 12.5. The van der Waals surface area contributed by atoms with Gasteiger partial charge in [-0.1, -0.05) is 42.5 Å². The second-order valence-corrected chi connectivity index (χ2v) is 8.66. The molecule has 1 aliphatic rings. The van der Waals surface area contributed by atoms with Gasteiger partial charge in [0.1, 0.15) is 0 Å². The Kier molecular flexibility index (Phi) is 6.04. The highest BCUT2D eigenvalue weighted by Crippen LogP contribution is 2.25. The number of nitrogens with zero attached hydrogens (tertiary/aromatic N) is 1. The number of halogens is 2. The van der Waals surface area contributed by atoms with Gasteiger partial charge in [0, 0.05) is 12.6 Å². The van der Waals surface area contributed by atoms with E-state index in [-0.39, 0.29) is 4.90 Å². The first-order valence-corrected chi connectivity index (χ1v) is 10.4. The fourth-order valence-electron chi connectivity index (χ4n) is 3.53. The number of benzene rings is 2. The number of sulfone groups is 1. The van der Waals surface area contributed by atoms with Crippen molar-refractivity contribution in [1.29, 1.82) is 0 Å². The van der Waals surface area contributed by atoms with Crippen LogP contribution in [0.2, 0.25) is 0 Å². The van der Waals surface area contributed by atoms with E-state index in [1.165, 1.54) is 17.7 Å². The molecule has 1 heterocycles. The van der Waals surface area contributed by atoms with Gasteiger partial charge in [0.05, 0.1) is 4.90 Å². The quantitative estimate of drug-likeness (QED) is 0.721. The van der Waals surface area contributed by atoms with Gasteiger partial charge >= 0.3 is 5.76 Å². The van der Waals surface area contributed by atoms with E-state index in [0.29, 0.717) is 12.6 Å². The molecule has 2 aromatic rings. The molecule has 0 amide bonds. The van der Waals surface area contributed by atoms with Crippen LogP contribution in [0.4, 0.5) is 8.78 Å². The van der Waals surface area contributed by atoms with Crippen molar-refractivity contribution in [2.75, 3.05) is 6.54 Å². The summed E-state index contributed by atoms with van der Waals surface area (Å²) in [6.45, 7) is 1.73. The van der Waals surface area contributed by atoms with Crippen LogP contribution < -0.4 is 0 Å². The highest BCUT2D eigenvalue weighted by molar-refractivity contribution is 7.91. The van der Waals surface area contributed by atoms with E-state index < -0.39 is 15.6 Å². The SMILES string of the molecule is O=S(=O)(c1ccc(CN2CCCC2CCc2ccccc2)cc1)C(F)F. The molecule has 0 radical (unpaired) electrons. The molecule has 0 aromatic heterocycles. The lowest BCUT2D eigenvalue weighted by molar-refractivity contribution is 0.234. The topological polar surface area (TPSA) is 37.4 Å². The van der Waals surface area contributed by atoms with E-state index in [2.05, 4.69) is 29.2 Å². The molecule has 0 spiro atoms. The van der Waals surface area contributed by atoms with Crippen molar-refractivity contribution in [1.82, 2.24) is 4.90 Å². The van der Waals surface area contributed by atoms with E-state index in [1.54, 1.807) is 12.1 Å². The third kappa shape index (κ3) is 4.48. The predicted molar refractivity (Wildman–Crippen MR) is 97.8 cm³/mol. The largest absolute Gasteiger partial charge is 0.341 e. The molecule has 1 aliphatic heterocycles. The number of likely N-dealkylation sites (tertiary alicyclic amines) is 1. The average molecular weight is 379 g/mol. The van der Waals surface area contributed by atoms with Gasteiger partial charge in [0.25, 0.3) is 0 Å². The minimum absolute atomic E-state index is 0.321. The van der Waals surface area contributed by atoms with Gasteiger partial charge in [-0.25, -0.2) is 8.42 Å². The Bertz CT molecular complexity index is 807. The summed E-state index contributed by atoms with van der Waals surface area (Å²) in [5, 5.41) is 0. The van der Waals surface area contributed by atoms with Crippen molar-refractivity contribution >= 4 is 9.84 Å². The summed E-state index contributed by atoms with van der Waals surface area (Å²) in [6, 6.07) is 16.8. The molecule has 0 aliphatic carbocycles. The molecule has 140 valence electrons. The zero-order valence-electron chi connectivity index (χ0n) is 14.5. The molecule has 1 unspecified atom stereocenters. The van der Waals surface area contributed by atoms with Crippen LogP contribution in [-0.2, 0) is 22.8 Å². The smallest absolute Gasteiger partial charge is 0.296 e. The maximum absolute atomic E-state index is 12.6. The van der Waals surface area contributed by atoms with Crippen LogP contribution in [0.15, 0.2) is 59.5 Å². The van der Waals surface area contributed by atoms with Crippen LogP contribution in [0.5, 0.6) is 0 Å². The Hall–Kier alpha value is -1.79. The summed E-state index contributed by atoms with van der Waals surface area (Å²) in [7, 11) is -4.52. The minimum Gasteiger partial charge on any atom is -0.296 e. The van der Waals surface area contributed by atoms with Crippen molar-refractivity contribution in [3.63, 3.8) is 0 Å². The fourth-order valence-corrected chi connectivity index (χ4v) is 4.25. The van der Waals surface area contributed by atoms with E-state index >= 15 is 0 Å². The Balaban J connectivity index is 1.60. The van der Waals surface area contributed by atoms with Crippen LogP contribution in [0, 0.1) is 0 Å². The van der Waals surface area contributed by atoms with Gasteiger partial charge in [-0.3, -0.25) is 4.90 Å². The van der Waals surface area contributed by atoms with Crippen LogP contribution in [0.1, 0.15) is 30.4 Å². The summed E-state index contributed by atoms with van der Waals surface area (Å²) in [6.07, 6.45) is 4.43. The molecule has 6 heteroatoms. The van der Waals surface area contributed by atoms with Crippen LogP contribution in [-0.4, -0.2) is 31.7 Å². The van der Waals surface area contributed by atoms with E-state index in [1.807, 2.05) is 6.07 Å². The molecule has 3 nitrogen and oxygen atoms in total. The number of hydrogen-bond donors (Lipinski definition) is 0. The summed E-state index contributed by atoms with van der Waals surface area (Å²) < 4.78 is 48.2. The molecule has 1 saturated heterocycles. The molecule has 0 saturated carbocycles. The Labute approximate surface area is 153 Å². The van der Waals surface area contributed by atoms with Crippen LogP contribution in [0.25, 0.3) is 0 Å².